The second kappa shape index (κ2) is 4.66. The number of nitrogens with zero attached hydrogens (tertiary/aromatic N) is 2. The Morgan fingerprint density at radius 1 is 0.850 bits per heavy atom. The predicted octanol–water partition coefficient (Wildman–Crippen LogP) is 2.80. The first-order valence-electron chi connectivity index (χ1n) is 6.02. The summed E-state index contributed by atoms with van der Waals surface area (Å²) in [6, 6.07) is 8.26. The largest absolute Gasteiger partial charge is 0.335 e. The molecule has 0 radical (unpaired) electrons. The van der Waals surface area contributed by atoms with E-state index in [2.05, 4.69) is 33.5 Å². The first kappa shape index (κ1) is 12.5. The zero-order valence-electron chi connectivity index (χ0n) is 10.1. The highest BCUT2D eigenvalue weighted by Gasteiger charge is 2.47. The Morgan fingerprint density at radius 2 is 1.30 bits per heavy atom. The molecule has 102 valence electrons. The molecule has 0 amide bonds. The normalized spacial score (nSPS) is 24.8. The van der Waals surface area contributed by atoms with Crippen LogP contribution in [0.15, 0.2) is 35.0 Å². The maximum Gasteiger partial charge on any atom is 0.192 e. The van der Waals surface area contributed by atoms with Gasteiger partial charge < -0.3 is 10.6 Å². The van der Waals surface area contributed by atoms with Crippen molar-refractivity contribution in [1.82, 2.24) is 20.7 Å². The number of thiophene rings is 2. The van der Waals surface area contributed by atoms with Crippen molar-refractivity contribution in [2.24, 2.45) is 0 Å². The van der Waals surface area contributed by atoms with Gasteiger partial charge in [0.15, 0.2) is 22.6 Å². The summed E-state index contributed by atoms with van der Waals surface area (Å²) in [5, 5.41) is 16.3. The summed E-state index contributed by atoms with van der Waals surface area (Å²) in [5.74, 6) is 0. The fourth-order valence-electron chi connectivity index (χ4n) is 2.44. The third kappa shape index (κ3) is 1.76. The van der Waals surface area contributed by atoms with Crippen molar-refractivity contribution in [1.29, 1.82) is 0 Å². The van der Waals surface area contributed by atoms with Gasteiger partial charge in [-0.15, -0.1) is 22.7 Å². The van der Waals surface area contributed by atoms with E-state index in [9.17, 15) is 0 Å². The summed E-state index contributed by atoms with van der Waals surface area (Å²) >= 11 is 14.4. The molecule has 2 fully saturated rings. The van der Waals surface area contributed by atoms with Crippen molar-refractivity contribution >= 4 is 57.3 Å². The van der Waals surface area contributed by atoms with Crippen molar-refractivity contribution in [3.05, 3.63) is 44.8 Å². The van der Waals surface area contributed by atoms with Crippen molar-refractivity contribution in [2.45, 2.75) is 12.3 Å². The van der Waals surface area contributed by atoms with Crippen LogP contribution in [-0.2, 0) is 0 Å². The summed E-state index contributed by atoms with van der Waals surface area (Å²) in [5.41, 5.74) is 0. The SMILES string of the molecule is S=C1N[C@H](c2cccs2)N2C(=S)N[C@H](c3cccs3)N12. The second-order valence-corrected chi connectivity index (χ2v) is 7.16. The number of nitrogens with one attached hydrogen (secondary N) is 2. The standard InChI is InChI=1S/C12H10N4S4/c17-11-13-9(7-3-1-5-19-7)15-12(18)14-10(16(11)15)8-4-2-6-20-8/h1-6,9-10H,(H,13,17)(H,14,18)/t9-,10-/m0/s1. The summed E-state index contributed by atoms with van der Waals surface area (Å²) in [6.45, 7) is 0. The molecule has 0 aliphatic carbocycles. The first-order valence-corrected chi connectivity index (χ1v) is 8.59. The van der Waals surface area contributed by atoms with Crippen molar-refractivity contribution in [3.8, 4) is 0 Å². The molecule has 0 saturated carbocycles. The van der Waals surface area contributed by atoms with Crippen LogP contribution in [-0.4, -0.2) is 20.2 Å². The van der Waals surface area contributed by atoms with Crippen molar-refractivity contribution < 1.29 is 0 Å². The lowest BCUT2D eigenvalue weighted by Crippen LogP contribution is -2.35. The van der Waals surface area contributed by atoms with Crippen LogP contribution in [0.2, 0.25) is 0 Å². The maximum atomic E-state index is 5.49. The third-order valence-corrected chi connectivity index (χ3v) is 5.74. The molecular formula is C12H10N4S4. The van der Waals surface area contributed by atoms with Gasteiger partial charge in [-0.3, -0.25) is 0 Å². The number of hydrogen-bond donors (Lipinski definition) is 2. The van der Waals surface area contributed by atoms with E-state index in [-0.39, 0.29) is 12.3 Å². The highest BCUT2D eigenvalue weighted by molar-refractivity contribution is 7.80. The van der Waals surface area contributed by atoms with Crippen LogP contribution in [0.5, 0.6) is 0 Å². The van der Waals surface area contributed by atoms with E-state index in [1.54, 1.807) is 22.7 Å². The number of hydrazine groups is 1. The number of fused-ring (bicyclic) bond motifs is 1. The Bertz CT molecular complexity index is 593. The van der Waals surface area contributed by atoms with Crippen LogP contribution in [0.3, 0.4) is 0 Å². The molecule has 0 spiro atoms. The van der Waals surface area contributed by atoms with Gasteiger partial charge in [-0.25, -0.2) is 10.0 Å². The fourth-order valence-corrected chi connectivity index (χ4v) is 4.57. The van der Waals surface area contributed by atoms with Crippen molar-refractivity contribution in [2.75, 3.05) is 0 Å². The zero-order chi connectivity index (χ0) is 13.7. The second-order valence-electron chi connectivity index (χ2n) is 4.42. The number of thiocarbonyl (C=S) groups is 2. The third-order valence-electron chi connectivity index (χ3n) is 3.28. The van der Waals surface area contributed by atoms with Gasteiger partial charge in [0.1, 0.15) is 0 Å². The highest BCUT2D eigenvalue weighted by atomic mass is 32.1. The van der Waals surface area contributed by atoms with E-state index in [1.807, 2.05) is 22.2 Å². The van der Waals surface area contributed by atoms with Gasteiger partial charge in [0, 0.05) is 9.75 Å². The average Bonchev–Trinajstić information content (AvgIpc) is 3.17. The molecule has 8 heteroatoms. The Labute approximate surface area is 135 Å². The van der Waals surface area contributed by atoms with Gasteiger partial charge in [-0.1, -0.05) is 12.1 Å². The molecule has 0 bridgehead atoms. The molecular weight excluding hydrogens is 328 g/mol. The lowest BCUT2D eigenvalue weighted by Gasteiger charge is -2.25. The molecule has 2 saturated heterocycles. The molecule has 0 unspecified atom stereocenters. The van der Waals surface area contributed by atoms with E-state index in [1.165, 1.54) is 9.75 Å². The fraction of sp³-hybridized carbons (Fsp3) is 0.167. The van der Waals surface area contributed by atoms with Crippen LogP contribution in [0.4, 0.5) is 0 Å². The molecule has 2 aromatic rings. The minimum Gasteiger partial charge on any atom is -0.335 e. The van der Waals surface area contributed by atoms with Gasteiger partial charge >= 0.3 is 0 Å². The molecule has 2 aromatic heterocycles. The molecule has 4 heterocycles. The Hall–Kier alpha value is -1.22. The Kier molecular flexibility index (Phi) is 2.92. The van der Waals surface area contributed by atoms with Crippen LogP contribution in [0, 0.1) is 0 Å². The van der Waals surface area contributed by atoms with Crippen LogP contribution >= 0.6 is 47.1 Å². The van der Waals surface area contributed by atoms with Gasteiger partial charge in [-0.2, -0.15) is 0 Å². The van der Waals surface area contributed by atoms with Gasteiger partial charge in [-0.05, 0) is 47.3 Å². The van der Waals surface area contributed by atoms with Crippen LogP contribution in [0.25, 0.3) is 0 Å². The van der Waals surface area contributed by atoms with E-state index in [0.717, 1.165) is 0 Å². The van der Waals surface area contributed by atoms with Gasteiger partial charge in [0.05, 0.1) is 0 Å². The minimum absolute atomic E-state index is 0.00698. The lowest BCUT2D eigenvalue weighted by atomic mass is 10.4. The molecule has 2 aliphatic heterocycles. The molecule has 0 aromatic carbocycles. The van der Waals surface area contributed by atoms with Gasteiger partial charge in [0.2, 0.25) is 0 Å². The quantitative estimate of drug-likeness (QED) is 0.819. The number of hydrogen-bond acceptors (Lipinski definition) is 4. The summed E-state index contributed by atoms with van der Waals surface area (Å²) in [4.78, 5) is 2.40. The average molecular weight is 339 g/mol. The Balaban J connectivity index is 1.73. The Morgan fingerprint density at radius 3 is 1.65 bits per heavy atom. The first-order chi connectivity index (χ1) is 9.75. The van der Waals surface area contributed by atoms with E-state index in [4.69, 9.17) is 24.4 Å². The summed E-state index contributed by atoms with van der Waals surface area (Å²) in [6.07, 6.45) is -0.0140. The predicted molar refractivity (Wildman–Crippen MR) is 89.3 cm³/mol. The highest BCUT2D eigenvalue weighted by Crippen LogP contribution is 2.38. The number of rotatable bonds is 2. The van der Waals surface area contributed by atoms with Crippen LogP contribution in [0.1, 0.15) is 22.1 Å². The summed E-state index contributed by atoms with van der Waals surface area (Å²) < 4.78 is 0. The van der Waals surface area contributed by atoms with Gasteiger partial charge in [0.25, 0.3) is 0 Å². The zero-order valence-corrected chi connectivity index (χ0v) is 13.4. The monoisotopic (exact) mass is 338 g/mol. The molecule has 2 aliphatic rings. The molecule has 2 atom stereocenters. The molecule has 20 heavy (non-hydrogen) atoms. The van der Waals surface area contributed by atoms with Crippen molar-refractivity contribution in [3.63, 3.8) is 0 Å². The maximum absolute atomic E-state index is 5.49. The van der Waals surface area contributed by atoms with E-state index in [0.29, 0.717) is 10.2 Å². The molecule has 2 N–H and O–H groups in total. The van der Waals surface area contributed by atoms with Crippen LogP contribution < -0.4 is 10.6 Å². The topological polar surface area (TPSA) is 30.5 Å². The summed E-state index contributed by atoms with van der Waals surface area (Å²) in [7, 11) is 0. The molecule has 4 rings (SSSR count). The van der Waals surface area contributed by atoms with E-state index < -0.39 is 0 Å². The smallest absolute Gasteiger partial charge is 0.192 e. The lowest BCUT2D eigenvalue weighted by molar-refractivity contribution is 0.117. The molecule has 4 nitrogen and oxygen atoms in total. The minimum atomic E-state index is -0.00698. The van der Waals surface area contributed by atoms with E-state index >= 15 is 0 Å².